The zero-order valence-electron chi connectivity index (χ0n) is 13.2. The van der Waals surface area contributed by atoms with E-state index < -0.39 is 0 Å². The standard InChI is InChI=1S/C16H22FN3OS/c1-4-18-16(19-7-8-22-3)20-10-15-11(2)13-9-12(17)5-6-14(13)21-15/h5-6,9H,4,7-8,10H2,1-3H3,(H2,18,19,20). The maximum Gasteiger partial charge on any atom is 0.191 e. The predicted molar refractivity (Wildman–Crippen MR) is 92.1 cm³/mol. The van der Waals surface area contributed by atoms with Crippen LogP contribution in [0.1, 0.15) is 18.2 Å². The van der Waals surface area contributed by atoms with Gasteiger partial charge in [-0.2, -0.15) is 11.8 Å². The van der Waals surface area contributed by atoms with Crippen molar-refractivity contribution in [2.45, 2.75) is 20.4 Å². The highest BCUT2D eigenvalue weighted by atomic mass is 32.2. The molecule has 0 aliphatic heterocycles. The van der Waals surface area contributed by atoms with Crippen molar-refractivity contribution < 1.29 is 8.81 Å². The highest BCUT2D eigenvalue weighted by Crippen LogP contribution is 2.26. The van der Waals surface area contributed by atoms with E-state index in [0.717, 1.165) is 41.5 Å². The number of halogens is 1. The molecule has 0 aliphatic carbocycles. The van der Waals surface area contributed by atoms with Gasteiger partial charge in [-0.15, -0.1) is 0 Å². The zero-order chi connectivity index (χ0) is 15.9. The highest BCUT2D eigenvalue weighted by Gasteiger charge is 2.11. The number of hydrogen-bond donors (Lipinski definition) is 2. The molecule has 0 unspecified atom stereocenters. The summed E-state index contributed by atoms with van der Waals surface area (Å²) in [6.07, 6.45) is 2.07. The van der Waals surface area contributed by atoms with E-state index in [9.17, 15) is 4.39 Å². The molecule has 2 aromatic rings. The molecule has 0 atom stereocenters. The lowest BCUT2D eigenvalue weighted by Gasteiger charge is -2.10. The average molecular weight is 323 g/mol. The summed E-state index contributed by atoms with van der Waals surface area (Å²) < 4.78 is 19.1. The molecule has 120 valence electrons. The number of furan rings is 1. The third kappa shape index (κ3) is 4.16. The lowest BCUT2D eigenvalue weighted by atomic mass is 10.1. The molecule has 0 fully saturated rings. The zero-order valence-corrected chi connectivity index (χ0v) is 14.0. The van der Waals surface area contributed by atoms with Crippen LogP contribution in [-0.4, -0.2) is 31.1 Å². The second kappa shape index (κ2) is 8.08. The van der Waals surface area contributed by atoms with E-state index in [0.29, 0.717) is 12.1 Å². The summed E-state index contributed by atoms with van der Waals surface area (Å²) in [5.41, 5.74) is 1.64. The maximum atomic E-state index is 13.3. The minimum atomic E-state index is -0.251. The van der Waals surface area contributed by atoms with Gasteiger partial charge in [0.2, 0.25) is 0 Å². The summed E-state index contributed by atoms with van der Waals surface area (Å²) in [4.78, 5) is 4.53. The lowest BCUT2D eigenvalue weighted by Crippen LogP contribution is -2.38. The molecular formula is C16H22FN3OS. The first kappa shape index (κ1) is 16.7. The van der Waals surface area contributed by atoms with Crippen molar-refractivity contribution in [3.63, 3.8) is 0 Å². The Kier molecular flexibility index (Phi) is 6.12. The lowest BCUT2D eigenvalue weighted by molar-refractivity contribution is 0.547. The number of hydrogen-bond acceptors (Lipinski definition) is 3. The van der Waals surface area contributed by atoms with Gasteiger partial charge in [-0.25, -0.2) is 9.38 Å². The van der Waals surface area contributed by atoms with Crippen LogP contribution in [0.3, 0.4) is 0 Å². The first-order valence-corrected chi connectivity index (χ1v) is 8.73. The molecule has 0 saturated heterocycles. The number of aliphatic imine (C=N–C) groups is 1. The van der Waals surface area contributed by atoms with Crippen LogP contribution in [0, 0.1) is 12.7 Å². The number of thioether (sulfide) groups is 1. The van der Waals surface area contributed by atoms with Crippen LogP contribution in [0.15, 0.2) is 27.6 Å². The Balaban J connectivity index is 2.13. The second-order valence-corrected chi connectivity index (χ2v) is 5.89. The fourth-order valence-electron chi connectivity index (χ4n) is 2.16. The van der Waals surface area contributed by atoms with E-state index in [4.69, 9.17) is 4.42 Å². The van der Waals surface area contributed by atoms with Gasteiger partial charge < -0.3 is 15.1 Å². The Bertz CT molecular complexity index is 654. The van der Waals surface area contributed by atoms with Crippen LogP contribution < -0.4 is 10.6 Å². The van der Waals surface area contributed by atoms with E-state index >= 15 is 0 Å². The molecule has 2 rings (SSSR count). The van der Waals surface area contributed by atoms with Crippen LogP contribution in [0.5, 0.6) is 0 Å². The minimum absolute atomic E-state index is 0.251. The molecule has 1 aromatic carbocycles. The average Bonchev–Trinajstić information content (AvgIpc) is 2.81. The van der Waals surface area contributed by atoms with Crippen molar-refractivity contribution >= 4 is 28.7 Å². The molecule has 0 spiro atoms. The second-order valence-electron chi connectivity index (χ2n) is 4.91. The van der Waals surface area contributed by atoms with Gasteiger partial charge in [-0.05, 0) is 38.3 Å². The quantitative estimate of drug-likeness (QED) is 0.486. The predicted octanol–water partition coefficient (Wildman–Crippen LogP) is 3.30. The van der Waals surface area contributed by atoms with Gasteiger partial charge in [0.15, 0.2) is 5.96 Å². The number of fused-ring (bicyclic) bond motifs is 1. The van der Waals surface area contributed by atoms with E-state index in [1.807, 2.05) is 13.8 Å². The van der Waals surface area contributed by atoms with Crippen LogP contribution in [0.2, 0.25) is 0 Å². The van der Waals surface area contributed by atoms with Crippen molar-refractivity contribution in [3.05, 3.63) is 35.3 Å². The molecule has 0 aliphatic rings. The number of nitrogens with zero attached hydrogens (tertiary/aromatic N) is 1. The molecule has 2 N–H and O–H groups in total. The Morgan fingerprint density at radius 3 is 2.91 bits per heavy atom. The summed E-state index contributed by atoms with van der Waals surface area (Å²) in [5, 5.41) is 7.28. The van der Waals surface area contributed by atoms with Gasteiger partial charge >= 0.3 is 0 Å². The number of benzene rings is 1. The molecular weight excluding hydrogens is 301 g/mol. The van der Waals surface area contributed by atoms with Gasteiger partial charge in [0.1, 0.15) is 23.7 Å². The van der Waals surface area contributed by atoms with Gasteiger partial charge in [0.25, 0.3) is 0 Å². The van der Waals surface area contributed by atoms with E-state index in [1.54, 1.807) is 17.8 Å². The SMILES string of the molecule is CCNC(=NCc1oc2ccc(F)cc2c1C)NCCSC. The normalized spacial score (nSPS) is 11.9. The third-order valence-electron chi connectivity index (χ3n) is 3.32. The molecule has 4 nitrogen and oxygen atoms in total. The first-order chi connectivity index (χ1) is 10.7. The Labute approximate surface area is 134 Å². The summed E-state index contributed by atoms with van der Waals surface area (Å²) in [6, 6.07) is 4.57. The number of rotatable bonds is 6. The van der Waals surface area contributed by atoms with E-state index in [-0.39, 0.29) is 5.82 Å². The Morgan fingerprint density at radius 1 is 1.36 bits per heavy atom. The van der Waals surface area contributed by atoms with Crippen LogP contribution in [0.25, 0.3) is 11.0 Å². The molecule has 0 saturated carbocycles. The Morgan fingerprint density at radius 2 is 2.18 bits per heavy atom. The van der Waals surface area contributed by atoms with Gasteiger partial charge in [-0.3, -0.25) is 0 Å². The van der Waals surface area contributed by atoms with E-state index in [1.165, 1.54) is 12.1 Å². The number of guanidine groups is 1. The van der Waals surface area contributed by atoms with Crippen molar-refractivity contribution in [3.8, 4) is 0 Å². The monoisotopic (exact) mass is 323 g/mol. The third-order valence-corrected chi connectivity index (χ3v) is 3.93. The summed E-state index contributed by atoms with van der Waals surface area (Å²) >= 11 is 1.78. The summed E-state index contributed by atoms with van der Waals surface area (Å²) in [6.45, 7) is 6.05. The largest absolute Gasteiger partial charge is 0.459 e. The molecule has 0 amide bonds. The van der Waals surface area contributed by atoms with Crippen LogP contribution >= 0.6 is 11.8 Å². The number of nitrogens with one attached hydrogen (secondary N) is 2. The minimum Gasteiger partial charge on any atom is -0.459 e. The van der Waals surface area contributed by atoms with Gasteiger partial charge in [0, 0.05) is 29.8 Å². The Hall–Kier alpha value is -1.69. The molecule has 0 bridgehead atoms. The van der Waals surface area contributed by atoms with Crippen molar-refractivity contribution in [1.82, 2.24) is 10.6 Å². The molecule has 1 heterocycles. The van der Waals surface area contributed by atoms with Crippen molar-refractivity contribution in [1.29, 1.82) is 0 Å². The van der Waals surface area contributed by atoms with Crippen LogP contribution in [-0.2, 0) is 6.54 Å². The summed E-state index contributed by atoms with van der Waals surface area (Å²) in [7, 11) is 0. The van der Waals surface area contributed by atoms with Crippen molar-refractivity contribution in [2.24, 2.45) is 4.99 Å². The van der Waals surface area contributed by atoms with E-state index in [2.05, 4.69) is 21.9 Å². The molecule has 6 heteroatoms. The van der Waals surface area contributed by atoms with Gasteiger partial charge in [0.05, 0.1) is 0 Å². The fourth-order valence-corrected chi connectivity index (χ4v) is 2.46. The van der Waals surface area contributed by atoms with Crippen LogP contribution in [0.4, 0.5) is 4.39 Å². The molecule has 22 heavy (non-hydrogen) atoms. The highest BCUT2D eigenvalue weighted by molar-refractivity contribution is 7.98. The maximum absolute atomic E-state index is 13.3. The summed E-state index contributed by atoms with van der Waals surface area (Å²) in [5.74, 6) is 2.30. The smallest absolute Gasteiger partial charge is 0.191 e. The fraction of sp³-hybridized carbons (Fsp3) is 0.438. The topological polar surface area (TPSA) is 49.6 Å². The first-order valence-electron chi connectivity index (χ1n) is 7.34. The van der Waals surface area contributed by atoms with Gasteiger partial charge in [-0.1, -0.05) is 0 Å². The molecule has 0 radical (unpaired) electrons. The molecule has 1 aromatic heterocycles. The number of aryl methyl sites for hydroxylation is 1. The van der Waals surface area contributed by atoms with Crippen molar-refractivity contribution in [2.75, 3.05) is 25.1 Å².